The predicted molar refractivity (Wildman–Crippen MR) is 71.2 cm³/mol. The maximum atomic E-state index is 13.6. The highest BCUT2D eigenvalue weighted by atomic mass is 19.2. The number of hydrogen-bond acceptors (Lipinski definition) is 2. The van der Waals surface area contributed by atoms with Gasteiger partial charge < -0.3 is 0 Å². The highest BCUT2D eigenvalue weighted by molar-refractivity contribution is 5.23. The molecular formula is C15H14F4N2. The Morgan fingerprint density at radius 1 is 0.857 bits per heavy atom. The summed E-state index contributed by atoms with van der Waals surface area (Å²) in [4.78, 5) is 0. The average Bonchev–Trinajstić information content (AvgIpc) is 2.45. The van der Waals surface area contributed by atoms with Crippen molar-refractivity contribution in [2.75, 3.05) is 0 Å². The van der Waals surface area contributed by atoms with Gasteiger partial charge in [-0.15, -0.1) is 0 Å². The van der Waals surface area contributed by atoms with Crippen molar-refractivity contribution in [1.82, 2.24) is 5.43 Å². The molecular weight excluding hydrogens is 284 g/mol. The van der Waals surface area contributed by atoms with Crippen molar-refractivity contribution in [3.05, 3.63) is 70.8 Å². The van der Waals surface area contributed by atoms with Crippen molar-refractivity contribution in [1.29, 1.82) is 0 Å². The van der Waals surface area contributed by atoms with E-state index in [1.807, 2.05) is 0 Å². The number of benzene rings is 2. The maximum Gasteiger partial charge on any atom is 0.159 e. The SMILES string of the molecule is NNC(Cc1ccc(F)c(F)c1)Cc1c(F)cccc1F. The van der Waals surface area contributed by atoms with E-state index in [0.29, 0.717) is 5.56 Å². The lowest BCUT2D eigenvalue weighted by atomic mass is 9.98. The molecule has 1 unspecified atom stereocenters. The topological polar surface area (TPSA) is 38.0 Å². The zero-order valence-corrected chi connectivity index (χ0v) is 11.0. The summed E-state index contributed by atoms with van der Waals surface area (Å²) < 4.78 is 53.2. The molecule has 6 heteroatoms. The van der Waals surface area contributed by atoms with Crippen LogP contribution in [0.2, 0.25) is 0 Å². The van der Waals surface area contributed by atoms with Crippen LogP contribution in [0.25, 0.3) is 0 Å². The number of rotatable bonds is 5. The molecule has 0 spiro atoms. The molecule has 0 saturated heterocycles. The van der Waals surface area contributed by atoms with E-state index in [0.717, 1.165) is 24.3 Å². The van der Waals surface area contributed by atoms with Gasteiger partial charge >= 0.3 is 0 Å². The van der Waals surface area contributed by atoms with E-state index in [-0.39, 0.29) is 18.4 Å². The van der Waals surface area contributed by atoms with Crippen molar-refractivity contribution in [3.63, 3.8) is 0 Å². The van der Waals surface area contributed by atoms with E-state index in [1.54, 1.807) is 0 Å². The van der Waals surface area contributed by atoms with E-state index in [9.17, 15) is 17.6 Å². The van der Waals surface area contributed by atoms with Gasteiger partial charge in [-0.25, -0.2) is 17.6 Å². The molecule has 2 nitrogen and oxygen atoms in total. The lowest BCUT2D eigenvalue weighted by Crippen LogP contribution is -2.38. The minimum atomic E-state index is -0.972. The van der Waals surface area contributed by atoms with Gasteiger partial charge in [0.05, 0.1) is 0 Å². The van der Waals surface area contributed by atoms with Gasteiger partial charge in [-0.3, -0.25) is 11.3 Å². The summed E-state index contributed by atoms with van der Waals surface area (Å²) in [6.45, 7) is 0. The summed E-state index contributed by atoms with van der Waals surface area (Å²) >= 11 is 0. The molecule has 0 radical (unpaired) electrons. The maximum absolute atomic E-state index is 13.6. The Labute approximate surface area is 119 Å². The Hall–Kier alpha value is -1.92. The first-order valence-corrected chi connectivity index (χ1v) is 6.34. The van der Waals surface area contributed by atoms with E-state index in [4.69, 9.17) is 5.84 Å². The first kappa shape index (κ1) is 15.5. The van der Waals surface area contributed by atoms with Gasteiger partial charge in [0.2, 0.25) is 0 Å². The number of hydrazine groups is 1. The van der Waals surface area contributed by atoms with Crippen LogP contribution < -0.4 is 11.3 Å². The van der Waals surface area contributed by atoms with Crippen LogP contribution in [0.3, 0.4) is 0 Å². The molecule has 0 saturated carbocycles. The molecule has 0 fully saturated rings. The van der Waals surface area contributed by atoms with E-state index in [2.05, 4.69) is 5.43 Å². The molecule has 112 valence electrons. The molecule has 1 atom stereocenters. The first-order valence-electron chi connectivity index (χ1n) is 6.34. The summed E-state index contributed by atoms with van der Waals surface area (Å²) in [5.41, 5.74) is 2.82. The van der Waals surface area contributed by atoms with Crippen LogP contribution in [0.1, 0.15) is 11.1 Å². The van der Waals surface area contributed by atoms with Crippen LogP contribution >= 0.6 is 0 Å². The van der Waals surface area contributed by atoms with Crippen LogP contribution in [-0.4, -0.2) is 6.04 Å². The van der Waals surface area contributed by atoms with Crippen LogP contribution in [-0.2, 0) is 12.8 Å². The highest BCUT2D eigenvalue weighted by Gasteiger charge is 2.16. The second kappa shape index (κ2) is 6.69. The Bertz CT molecular complexity index is 611. The Kier molecular flexibility index (Phi) is 4.93. The van der Waals surface area contributed by atoms with Crippen molar-refractivity contribution in [2.45, 2.75) is 18.9 Å². The smallest absolute Gasteiger partial charge is 0.159 e. The van der Waals surface area contributed by atoms with Crippen molar-refractivity contribution < 1.29 is 17.6 Å². The van der Waals surface area contributed by atoms with Crippen LogP contribution in [0.4, 0.5) is 17.6 Å². The van der Waals surface area contributed by atoms with Gasteiger partial charge in [0.25, 0.3) is 0 Å². The van der Waals surface area contributed by atoms with Crippen molar-refractivity contribution in [2.24, 2.45) is 5.84 Å². The molecule has 0 aliphatic heterocycles. The number of nitrogens with two attached hydrogens (primary N) is 1. The van der Waals surface area contributed by atoms with Crippen molar-refractivity contribution >= 4 is 0 Å². The summed E-state index contributed by atoms with van der Waals surface area (Å²) in [6, 6.07) is 6.52. The zero-order chi connectivity index (χ0) is 15.4. The van der Waals surface area contributed by atoms with E-state index >= 15 is 0 Å². The fourth-order valence-corrected chi connectivity index (χ4v) is 2.11. The quantitative estimate of drug-likeness (QED) is 0.506. The molecule has 0 aliphatic carbocycles. The zero-order valence-electron chi connectivity index (χ0n) is 11.0. The van der Waals surface area contributed by atoms with Gasteiger partial charge in [-0.05, 0) is 42.7 Å². The van der Waals surface area contributed by atoms with Gasteiger partial charge in [-0.2, -0.15) is 0 Å². The van der Waals surface area contributed by atoms with Crippen LogP contribution in [0.15, 0.2) is 36.4 Å². The minimum absolute atomic E-state index is 0.00595. The number of hydrogen-bond donors (Lipinski definition) is 2. The molecule has 0 bridgehead atoms. The Balaban J connectivity index is 2.15. The molecule has 2 aromatic carbocycles. The second-order valence-corrected chi connectivity index (χ2v) is 4.72. The van der Waals surface area contributed by atoms with Crippen molar-refractivity contribution in [3.8, 4) is 0 Å². The van der Waals surface area contributed by atoms with E-state index < -0.39 is 29.3 Å². The molecule has 21 heavy (non-hydrogen) atoms. The van der Waals surface area contributed by atoms with Gasteiger partial charge in [0.15, 0.2) is 11.6 Å². The van der Waals surface area contributed by atoms with Gasteiger partial charge in [-0.1, -0.05) is 12.1 Å². The van der Waals surface area contributed by atoms with E-state index in [1.165, 1.54) is 12.1 Å². The fourth-order valence-electron chi connectivity index (χ4n) is 2.11. The lowest BCUT2D eigenvalue weighted by molar-refractivity contribution is 0.479. The van der Waals surface area contributed by atoms with Gasteiger partial charge in [0.1, 0.15) is 11.6 Å². The summed E-state index contributed by atoms with van der Waals surface area (Å²) in [5, 5.41) is 0. The Morgan fingerprint density at radius 2 is 1.52 bits per heavy atom. The highest BCUT2D eigenvalue weighted by Crippen LogP contribution is 2.17. The molecule has 0 heterocycles. The molecule has 3 N–H and O–H groups in total. The molecule has 2 aromatic rings. The molecule has 0 amide bonds. The van der Waals surface area contributed by atoms with Crippen LogP contribution in [0.5, 0.6) is 0 Å². The predicted octanol–water partition coefficient (Wildman–Crippen LogP) is 2.86. The third-order valence-electron chi connectivity index (χ3n) is 3.21. The molecule has 0 aliphatic rings. The standard InChI is InChI=1S/C15H14F4N2/c16-12-2-1-3-13(17)11(12)8-10(21-20)6-9-4-5-14(18)15(19)7-9/h1-5,7,10,21H,6,8,20H2. The fraction of sp³-hybridized carbons (Fsp3) is 0.200. The average molecular weight is 298 g/mol. The monoisotopic (exact) mass is 298 g/mol. The first-order chi connectivity index (χ1) is 10.0. The molecule has 0 aromatic heterocycles. The Morgan fingerprint density at radius 3 is 2.10 bits per heavy atom. The van der Waals surface area contributed by atoms with Gasteiger partial charge in [0, 0.05) is 11.6 Å². The second-order valence-electron chi connectivity index (χ2n) is 4.72. The lowest BCUT2D eigenvalue weighted by Gasteiger charge is -2.17. The number of halogens is 4. The summed E-state index contributed by atoms with van der Waals surface area (Å²) in [7, 11) is 0. The largest absolute Gasteiger partial charge is 0.271 e. The molecule has 2 rings (SSSR count). The van der Waals surface area contributed by atoms with Crippen LogP contribution in [0, 0.1) is 23.3 Å². The third-order valence-corrected chi connectivity index (χ3v) is 3.21. The number of nitrogens with one attached hydrogen (secondary N) is 1. The summed E-state index contributed by atoms with van der Waals surface area (Å²) in [5.74, 6) is 2.12. The summed E-state index contributed by atoms with van der Waals surface area (Å²) in [6.07, 6.45) is 0.204. The minimum Gasteiger partial charge on any atom is -0.271 e. The normalized spacial score (nSPS) is 12.4. The third kappa shape index (κ3) is 3.80.